The van der Waals surface area contributed by atoms with Crippen LogP contribution in [0, 0.1) is 10.1 Å². The zero-order valence-corrected chi connectivity index (χ0v) is 16.6. The largest absolute Gasteiger partial charge is 0.489 e. The number of aliphatic imine (C=N–C) groups is 1. The number of benzene rings is 2. The van der Waals surface area contributed by atoms with Gasteiger partial charge < -0.3 is 19.8 Å². The van der Waals surface area contributed by atoms with Crippen LogP contribution in [0.25, 0.3) is 0 Å². The van der Waals surface area contributed by atoms with Crippen LogP contribution in [0.3, 0.4) is 0 Å². The van der Waals surface area contributed by atoms with Gasteiger partial charge in [0.1, 0.15) is 5.69 Å². The monoisotopic (exact) mass is 390 g/mol. The van der Waals surface area contributed by atoms with Gasteiger partial charge in [0, 0.05) is 30.8 Å². The summed E-state index contributed by atoms with van der Waals surface area (Å²) in [6.45, 7) is 2.66. The van der Waals surface area contributed by atoms with Crippen molar-refractivity contribution < 1.29 is 9.66 Å². The standard InChI is InChI=1S/C22H22N4O3/c1-4-25(2)18-15-19(29-3)22(26(27)28)24-21(18)23-20(16-11-7-5-8-12-16)17-13-9-6-10-14-17/h5-15H,4H2,1-3H3. The van der Waals surface area contributed by atoms with Crippen LogP contribution in [-0.4, -0.2) is 36.3 Å². The Morgan fingerprint density at radius 3 is 2.10 bits per heavy atom. The Bertz CT molecular complexity index is 979. The normalized spacial score (nSPS) is 10.3. The minimum absolute atomic E-state index is 0.102. The van der Waals surface area contributed by atoms with Crippen LogP contribution in [0.1, 0.15) is 18.1 Å². The molecule has 3 aromatic rings. The molecule has 1 aromatic heterocycles. The van der Waals surface area contributed by atoms with E-state index >= 15 is 0 Å². The fourth-order valence-electron chi connectivity index (χ4n) is 2.87. The Hall–Kier alpha value is -3.74. The summed E-state index contributed by atoms with van der Waals surface area (Å²) in [6.07, 6.45) is 0. The summed E-state index contributed by atoms with van der Waals surface area (Å²) >= 11 is 0. The fraction of sp³-hybridized carbons (Fsp3) is 0.182. The van der Waals surface area contributed by atoms with Crippen LogP contribution < -0.4 is 9.64 Å². The highest BCUT2D eigenvalue weighted by atomic mass is 16.6. The lowest BCUT2D eigenvalue weighted by molar-refractivity contribution is -0.390. The average Bonchev–Trinajstić information content (AvgIpc) is 2.77. The van der Waals surface area contributed by atoms with Gasteiger partial charge in [-0.1, -0.05) is 60.7 Å². The quantitative estimate of drug-likeness (QED) is 0.334. The summed E-state index contributed by atoms with van der Waals surface area (Å²) in [5.41, 5.74) is 3.12. The van der Waals surface area contributed by atoms with Gasteiger partial charge in [0.05, 0.1) is 12.8 Å². The summed E-state index contributed by atoms with van der Waals surface area (Å²) in [7, 11) is 3.27. The molecule has 7 heteroatoms. The third-order valence-electron chi connectivity index (χ3n) is 4.52. The molecule has 7 nitrogen and oxygen atoms in total. The Kier molecular flexibility index (Phi) is 6.19. The number of ether oxygens (including phenoxy) is 1. The molecular formula is C22H22N4O3. The van der Waals surface area contributed by atoms with Crippen LogP contribution in [0.2, 0.25) is 0 Å². The van der Waals surface area contributed by atoms with Crippen LogP contribution in [0.15, 0.2) is 71.7 Å². The number of nitrogens with zero attached hydrogens (tertiary/aromatic N) is 4. The average molecular weight is 390 g/mol. The lowest BCUT2D eigenvalue weighted by Gasteiger charge is -2.18. The lowest BCUT2D eigenvalue weighted by atomic mass is 10.0. The van der Waals surface area contributed by atoms with Crippen molar-refractivity contribution in [3.8, 4) is 5.75 Å². The Morgan fingerprint density at radius 1 is 1.10 bits per heavy atom. The summed E-state index contributed by atoms with van der Waals surface area (Å²) in [4.78, 5) is 21.9. The second-order valence-electron chi connectivity index (χ2n) is 6.32. The van der Waals surface area contributed by atoms with Crippen LogP contribution >= 0.6 is 0 Å². The third kappa shape index (κ3) is 4.40. The van der Waals surface area contributed by atoms with E-state index in [1.165, 1.54) is 7.11 Å². The molecule has 148 valence electrons. The molecule has 0 N–H and O–H groups in total. The number of hydrogen-bond donors (Lipinski definition) is 0. The molecule has 0 aliphatic rings. The van der Waals surface area contributed by atoms with Gasteiger partial charge in [-0.15, -0.1) is 0 Å². The summed E-state index contributed by atoms with van der Waals surface area (Å²) in [5.74, 6) is 0.00903. The van der Waals surface area contributed by atoms with Crippen molar-refractivity contribution in [2.24, 2.45) is 4.99 Å². The van der Waals surface area contributed by atoms with E-state index in [1.807, 2.05) is 79.5 Å². The summed E-state index contributed by atoms with van der Waals surface area (Å²) < 4.78 is 5.19. The number of aromatic nitrogens is 1. The Morgan fingerprint density at radius 2 is 1.66 bits per heavy atom. The molecule has 2 aromatic carbocycles. The topological polar surface area (TPSA) is 80.9 Å². The maximum absolute atomic E-state index is 11.5. The molecule has 0 unspecified atom stereocenters. The number of pyridine rings is 1. The van der Waals surface area contributed by atoms with E-state index in [0.717, 1.165) is 11.1 Å². The highest BCUT2D eigenvalue weighted by Crippen LogP contribution is 2.36. The van der Waals surface area contributed by atoms with Gasteiger partial charge in [-0.25, -0.2) is 4.99 Å². The molecule has 0 amide bonds. The van der Waals surface area contributed by atoms with Gasteiger partial charge in [0.15, 0.2) is 0 Å². The molecule has 0 saturated heterocycles. The minimum atomic E-state index is -0.557. The second kappa shape index (κ2) is 8.97. The Balaban J connectivity index is 2.28. The molecule has 1 heterocycles. The molecule has 0 saturated carbocycles. The van der Waals surface area contributed by atoms with Gasteiger partial charge in [-0.3, -0.25) is 0 Å². The second-order valence-corrected chi connectivity index (χ2v) is 6.32. The van der Waals surface area contributed by atoms with E-state index < -0.39 is 4.92 Å². The maximum Gasteiger partial charge on any atom is 0.408 e. The lowest BCUT2D eigenvalue weighted by Crippen LogP contribution is -2.17. The molecule has 0 aliphatic carbocycles. The Labute approximate surface area is 169 Å². The number of hydrogen-bond acceptors (Lipinski definition) is 6. The molecular weight excluding hydrogens is 368 g/mol. The first-order chi connectivity index (χ1) is 14.0. The van der Waals surface area contributed by atoms with E-state index in [2.05, 4.69) is 4.98 Å². The number of anilines is 1. The molecule has 0 aliphatic heterocycles. The van der Waals surface area contributed by atoms with E-state index in [-0.39, 0.29) is 17.4 Å². The predicted molar refractivity (Wildman–Crippen MR) is 115 cm³/mol. The molecule has 29 heavy (non-hydrogen) atoms. The van der Waals surface area contributed by atoms with Crippen molar-refractivity contribution in [2.75, 3.05) is 25.6 Å². The van der Waals surface area contributed by atoms with Gasteiger partial charge in [0.2, 0.25) is 5.75 Å². The van der Waals surface area contributed by atoms with Crippen molar-refractivity contribution in [1.82, 2.24) is 4.98 Å². The highest BCUT2D eigenvalue weighted by molar-refractivity contribution is 6.14. The highest BCUT2D eigenvalue weighted by Gasteiger charge is 2.25. The molecule has 0 atom stereocenters. The van der Waals surface area contributed by atoms with Crippen molar-refractivity contribution in [3.63, 3.8) is 0 Å². The number of methoxy groups -OCH3 is 1. The first-order valence-corrected chi connectivity index (χ1v) is 9.19. The molecule has 0 radical (unpaired) electrons. The van der Waals surface area contributed by atoms with Gasteiger partial charge in [-0.2, -0.15) is 0 Å². The molecule has 3 rings (SSSR count). The van der Waals surface area contributed by atoms with Crippen molar-refractivity contribution in [3.05, 3.63) is 88.0 Å². The van der Waals surface area contributed by atoms with E-state index in [4.69, 9.17) is 9.73 Å². The van der Waals surface area contributed by atoms with Gasteiger partial charge in [0.25, 0.3) is 5.82 Å². The van der Waals surface area contributed by atoms with E-state index in [0.29, 0.717) is 17.9 Å². The van der Waals surface area contributed by atoms with Crippen molar-refractivity contribution >= 4 is 23.0 Å². The first kappa shape index (κ1) is 20.0. The molecule has 0 bridgehead atoms. The third-order valence-corrected chi connectivity index (χ3v) is 4.52. The minimum Gasteiger partial charge on any atom is -0.489 e. The molecule has 0 fully saturated rings. The first-order valence-electron chi connectivity index (χ1n) is 9.19. The fourth-order valence-corrected chi connectivity index (χ4v) is 2.87. The van der Waals surface area contributed by atoms with Crippen molar-refractivity contribution in [1.29, 1.82) is 0 Å². The SMILES string of the molecule is CCN(C)c1cc(OC)c([N+](=O)[O-])nc1N=C(c1ccccc1)c1ccccc1. The van der Waals surface area contributed by atoms with Crippen molar-refractivity contribution in [2.45, 2.75) is 6.92 Å². The predicted octanol–water partition coefficient (Wildman–Crippen LogP) is 4.62. The van der Waals surface area contributed by atoms with E-state index in [1.54, 1.807) is 6.07 Å². The molecule has 0 spiro atoms. The van der Waals surface area contributed by atoms with Crippen LogP contribution in [0.4, 0.5) is 17.3 Å². The van der Waals surface area contributed by atoms with Crippen LogP contribution in [0.5, 0.6) is 5.75 Å². The van der Waals surface area contributed by atoms with Crippen LogP contribution in [-0.2, 0) is 0 Å². The maximum atomic E-state index is 11.5. The summed E-state index contributed by atoms with van der Waals surface area (Å²) in [5, 5.41) is 11.5. The van der Waals surface area contributed by atoms with E-state index in [9.17, 15) is 10.1 Å². The zero-order valence-electron chi connectivity index (χ0n) is 16.6. The summed E-state index contributed by atoms with van der Waals surface area (Å²) in [6, 6.07) is 21.0. The van der Waals surface area contributed by atoms with Gasteiger partial charge >= 0.3 is 5.82 Å². The number of rotatable bonds is 7. The zero-order chi connectivity index (χ0) is 20.8. The number of nitro groups is 1. The van der Waals surface area contributed by atoms with Gasteiger partial charge in [-0.05, 0) is 16.8 Å². The smallest absolute Gasteiger partial charge is 0.408 e.